The van der Waals surface area contributed by atoms with Crippen molar-refractivity contribution in [1.82, 2.24) is 0 Å². The Labute approximate surface area is 111 Å². The molecular formula is C15H29NO2. The molecule has 3 heteroatoms. The number of carbonyl (C=O) groups excluding carboxylic acids is 1. The van der Waals surface area contributed by atoms with Gasteiger partial charge in [-0.1, -0.05) is 45.4 Å². The van der Waals surface area contributed by atoms with E-state index in [9.17, 15) is 4.79 Å². The van der Waals surface area contributed by atoms with Gasteiger partial charge in [0.25, 0.3) is 0 Å². The number of esters is 1. The lowest BCUT2D eigenvalue weighted by Crippen LogP contribution is -2.36. The summed E-state index contributed by atoms with van der Waals surface area (Å²) in [5.41, 5.74) is 6.03. The van der Waals surface area contributed by atoms with Gasteiger partial charge in [-0.05, 0) is 19.3 Å². The largest absolute Gasteiger partial charge is 0.465 e. The molecule has 106 valence electrons. The number of nitrogens with two attached hydrogens (primary N) is 1. The standard InChI is InChI=1S/C15H29NO2/c1-2-3-4-5-6-11-15(17)18-12-13-9-7-8-10-14(13)16/h13-14H,2-12,16H2,1H3/t13-,14+/m0/s1. The molecule has 0 amide bonds. The van der Waals surface area contributed by atoms with Crippen LogP contribution in [0.2, 0.25) is 0 Å². The van der Waals surface area contributed by atoms with Crippen LogP contribution in [0.15, 0.2) is 0 Å². The van der Waals surface area contributed by atoms with E-state index in [1.807, 2.05) is 0 Å². The molecule has 0 spiro atoms. The quantitative estimate of drug-likeness (QED) is 0.534. The Kier molecular flexibility index (Phi) is 8.06. The van der Waals surface area contributed by atoms with Gasteiger partial charge in [-0.3, -0.25) is 4.79 Å². The van der Waals surface area contributed by atoms with Crippen molar-refractivity contribution in [2.45, 2.75) is 77.2 Å². The van der Waals surface area contributed by atoms with Crippen molar-refractivity contribution >= 4 is 5.97 Å². The first-order valence-corrected chi connectivity index (χ1v) is 7.65. The highest BCUT2D eigenvalue weighted by atomic mass is 16.5. The Morgan fingerprint density at radius 1 is 1.17 bits per heavy atom. The summed E-state index contributed by atoms with van der Waals surface area (Å²) in [5.74, 6) is 0.354. The maximum atomic E-state index is 11.6. The summed E-state index contributed by atoms with van der Waals surface area (Å²) in [5, 5.41) is 0. The zero-order valence-electron chi connectivity index (χ0n) is 11.8. The Bertz CT molecular complexity index is 231. The highest BCUT2D eigenvalue weighted by molar-refractivity contribution is 5.69. The second-order valence-corrected chi connectivity index (χ2v) is 5.56. The van der Waals surface area contributed by atoms with Crippen LogP contribution in [0.25, 0.3) is 0 Å². The minimum absolute atomic E-state index is 0.0377. The van der Waals surface area contributed by atoms with E-state index in [0.29, 0.717) is 18.9 Å². The van der Waals surface area contributed by atoms with Gasteiger partial charge in [-0.25, -0.2) is 0 Å². The fourth-order valence-electron chi connectivity index (χ4n) is 2.59. The van der Waals surface area contributed by atoms with Gasteiger partial charge >= 0.3 is 5.97 Å². The highest BCUT2D eigenvalue weighted by Gasteiger charge is 2.22. The first-order chi connectivity index (χ1) is 8.74. The fourth-order valence-corrected chi connectivity index (χ4v) is 2.59. The molecule has 0 aromatic rings. The van der Waals surface area contributed by atoms with E-state index in [0.717, 1.165) is 25.7 Å². The monoisotopic (exact) mass is 255 g/mol. The maximum Gasteiger partial charge on any atom is 0.305 e. The van der Waals surface area contributed by atoms with E-state index in [1.165, 1.54) is 32.1 Å². The van der Waals surface area contributed by atoms with Crippen molar-refractivity contribution in [3.8, 4) is 0 Å². The maximum absolute atomic E-state index is 11.6. The van der Waals surface area contributed by atoms with Crippen LogP contribution in [-0.4, -0.2) is 18.6 Å². The van der Waals surface area contributed by atoms with Crippen LogP contribution in [0, 0.1) is 5.92 Å². The number of rotatable bonds is 8. The van der Waals surface area contributed by atoms with Crippen LogP contribution < -0.4 is 5.73 Å². The number of hydrogen-bond donors (Lipinski definition) is 1. The van der Waals surface area contributed by atoms with Crippen LogP contribution >= 0.6 is 0 Å². The van der Waals surface area contributed by atoms with E-state index < -0.39 is 0 Å². The van der Waals surface area contributed by atoms with Crippen LogP contribution in [0.4, 0.5) is 0 Å². The number of ether oxygens (including phenoxy) is 1. The van der Waals surface area contributed by atoms with Crippen molar-refractivity contribution < 1.29 is 9.53 Å². The van der Waals surface area contributed by atoms with Crippen molar-refractivity contribution in [3.05, 3.63) is 0 Å². The molecule has 3 nitrogen and oxygen atoms in total. The Morgan fingerprint density at radius 2 is 1.89 bits per heavy atom. The first-order valence-electron chi connectivity index (χ1n) is 7.65. The fraction of sp³-hybridized carbons (Fsp3) is 0.933. The summed E-state index contributed by atoms with van der Waals surface area (Å²) in [6.45, 7) is 2.73. The summed E-state index contributed by atoms with van der Waals surface area (Å²) in [6.07, 6.45) is 11.1. The van der Waals surface area contributed by atoms with E-state index in [1.54, 1.807) is 0 Å². The minimum Gasteiger partial charge on any atom is -0.465 e. The lowest BCUT2D eigenvalue weighted by molar-refractivity contribution is -0.145. The van der Waals surface area contributed by atoms with Crippen molar-refractivity contribution in [2.24, 2.45) is 11.7 Å². The molecule has 0 aromatic heterocycles. The van der Waals surface area contributed by atoms with E-state index in [2.05, 4.69) is 6.92 Å². The molecule has 2 N–H and O–H groups in total. The molecule has 1 rings (SSSR count). The Morgan fingerprint density at radius 3 is 2.61 bits per heavy atom. The minimum atomic E-state index is -0.0377. The van der Waals surface area contributed by atoms with Crippen LogP contribution in [0.5, 0.6) is 0 Å². The summed E-state index contributed by atoms with van der Waals surface area (Å²) in [4.78, 5) is 11.6. The summed E-state index contributed by atoms with van der Waals surface area (Å²) >= 11 is 0. The number of unbranched alkanes of at least 4 members (excludes halogenated alkanes) is 4. The third-order valence-electron chi connectivity index (χ3n) is 3.91. The molecule has 0 aliphatic heterocycles. The molecule has 0 radical (unpaired) electrons. The van der Waals surface area contributed by atoms with Gasteiger partial charge in [0.1, 0.15) is 0 Å². The summed E-state index contributed by atoms with van der Waals surface area (Å²) < 4.78 is 5.34. The molecule has 1 aliphatic carbocycles. The molecule has 0 saturated heterocycles. The smallest absolute Gasteiger partial charge is 0.305 e. The molecule has 18 heavy (non-hydrogen) atoms. The lowest BCUT2D eigenvalue weighted by Gasteiger charge is -2.27. The van der Waals surface area contributed by atoms with Gasteiger partial charge in [0.2, 0.25) is 0 Å². The van der Waals surface area contributed by atoms with Crippen molar-refractivity contribution in [3.63, 3.8) is 0 Å². The molecule has 0 aromatic carbocycles. The van der Waals surface area contributed by atoms with Crippen LogP contribution in [-0.2, 0) is 9.53 Å². The highest BCUT2D eigenvalue weighted by Crippen LogP contribution is 2.23. The van der Waals surface area contributed by atoms with Gasteiger partial charge in [0.15, 0.2) is 0 Å². The van der Waals surface area contributed by atoms with Gasteiger partial charge in [-0.2, -0.15) is 0 Å². The summed E-state index contributed by atoms with van der Waals surface area (Å²) in [7, 11) is 0. The molecular weight excluding hydrogens is 226 g/mol. The van der Waals surface area contributed by atoms with Gasteiger partial charge in [-0.15, -0.1) is 0 Å². The second-order valence-electron chi connectivity index (χ2n) is 5.56. The molecule has 0 bridgehead atoms. The van der Waals surface area contributed by atoms with Crippen LogP contribution in [0.1, 0.15) is 71.1 Å². The third-order valence-corrected chi connectivity index (χ3v) is 3.91. The zero-order chi connectivity index (χ0) is 13.2. The topological polar surface area (TPSA) is 52.3 Å². The lowest BCUT2D eigenvalue weighted by atomic mass is 9.86. The zero-order valence-corrected chi connectivity index (χ0v) is 11.8. The molecule has 1 saturated carbocycles. The Balaban J connectivity index is 2.02. The molecule has 0 unspecified atom stereocenters. The van der Waals surface area contributed by atoms with Gasteiger partial charge < -0.3 is 10.5 Å². The van der Waals surface area contributed by atoms with Gasteiger partial charge in [0.05, 0.1) is 6.61 Å². The molecule has 1 aliphatic rings. The molecule has 2 atom stereocenters. The second kappa shape index (κ2) is 9.37. The van der Waals surface area contributed by atoms with E-state index in [4.69, 9.17) is 10.5 Å². The predicted octanol–water partition coefficient (Wildman–Crippen LogP) is 3.41. The van der Waals surface area contributed by atoms with E-state index >= 15 is 0 Å². The normalized spacial score (nSPS) is 23.9. The van der Waals surface area contributed by atoms with Crippen LogP contribution in [0.3, 0.4) is 0 Å². The van der Waals surface area contributed by atoms with Gasteiger partial charge in [0, 0.05) is 18.4 Å². The average Bonchev–Trinajstić information content (AvgIpc) is 2.37. The first kappa shape index (κ1) is 15.5. The van der Waals surface area contributed by atoms with Crippen molar-refractivity contribution in [2.75, 3.05) is 6.61 Å². The molecule has 1 fully saturated rings. The summed E-state index contributed by atoms with van der Waals surface area (Å²) in [6, 6.07) is 0.233. The Hall–Kier alpha value is -0.570. The predicted molar refractivity (Wildman–Crippen MR) is 74.3 cm³/mol. The van der Waals surface area contributed by atoms with E-state index in [-0.39, 0.29) is 12.0 Å². The number of hydrogen-bond acceptors (Lipinski definition) is 3. The number of carbonyl (C=O) groups is 1. The third kappa shape index (κ3) is 6.39. The average molecular weight is 255 g/mol. The SMILES string of the molecule is CCCCCCCC(=O)OC[C@@H]1CCCC[C@H]1N. The molecule has 0 heterocycles. The van der Waals surface area contributed by atoms with Crippen molar-refractivity contribution in [1.29, 1.82) is 0 Å².